The number of hydrogen-bond acceptors (Lipinski definition) is 4. The van der Waals surface area contributed by atoms with E-state index in [1.807, 2.05) is 6.92 Å². The number of aliphatic hydroxyl groups is 1. The lowest BCUT2D eigenvalue weighted by Crippen LogP contribution is -2.43. The van der Waals surface area contributed by atoms with Gasteiger partial charge in [0.1, 0.15) is 6.04 Å². The van der Waals surface area contributed by atoms with Crippen LogP contribution in [-0.2, 0) is 4.79 Å². The summed E-state index contributed by atoms with van der Waals surface area (Å²) >= 11 is 0. The fraction of sp³-hybridized carbons (Fsp3) is 0.889. The van der Waals surface area contributed by atoms with Crippen LogP contribution in [0.4, 0.5) is 0 Å². The topological polar surface area (TPSA) is 80.6 Å². The fourth-order valence-corrected chi connectivity index (χ4v) is 0.447. The zero-order chi connectivity index (χ0) is 11.9. The third-order valence-corrected chi connectivity index (χ3v) is 2.01. The molecule has 0 spiro atoms. The Labute approximate surface area is 85.1 Å². The first kappa shape index (κ1) is 15.8. The van der Waals surface area contributed by atoms with Crippen LogP contribution in [0.2, 0.25) is 0 Å². The second kappa shape index (κ2) is 6.75. The highest BCUT2D eigenvalue weighted by Gasteiger charge is 2.18. The highest BCUT2D eigenvalue weighted by atomic mass is 16.5. The van der Waals surface area contributed by atoms with Crippen molar-refractivity contribution in [2.45, 2.75) is 39.3 Å². The third-order valence-electron chi connectivity index (χ3n) is 2.01. The van der Waals surface area contributed by atoms with Crippen LogP contribution in [0.5, 0.6) is 0 Å². The number of hydrogen-bond donors (Lipinski definition) is 2. The lowest BCUT2D eigenvalue weighted by molar-refractivity contribution is -1.09. The van der Waals surface area contributed by atoms with Crippen LogP contribution in [0.1, 0.15) is 27.2 Å². The molecule has 5 heteroatoms. The second-order valence-corrected chi connectivity index (χ2v) is 3.73. The van der Waals surface area contributed by atoms with Gasteiger partial charge in [-0.25, -0.2) is 5.21 Å². The van der Waals surface area contributed by atoms with E-state index < -0.39 is 12.1 Å². The van der Waals surface area contributed by atoms with Gasteiger partial charge in [-0.3, -0.25) is 0 Å². The van der Waals surface area contributed by atoms with Gasteiger partial charge in [-0.1, -0.05) is 6.92 Å². The van der Waals surface area contributed by atoms with E-state index in [9.17, 15) is 15.1 Å². The Bertz CT molecular complexity index is 163. The fourth-order valence-electron chi connectivity index (χ4n) is 0.447. The maximum atomic E-state index is 9.34. The minimum atomic E-state index is -1.44. The normalized spacial score (nSPS) is 15.1. The standard InChI is InChI=1S/C6H16NO.C3H6O3/c1-5-6(2)7(3,4)8;1-2(4)3(5)6/h6,8H,5H2,1-4H3;2,4H,1H3,(H,5,6)/q+1;/p-1. The first-order valence-corrected chi connectivity index (χ1v) is 4.58. The lowest BCUT2D eigenvalue weighted by Gasteiger charge is -2.25. The number of hydroxylamine groups is 3. The maximum Gasteiger partial charge on any atom is 0.115 e. The number of quaternary nitrogens is 1. The summed E-state index contributed by atoms with van der Waals surface area (Å²) < 4.78 is 0.0799. The average molecular weight is 207 g/mol. The van der Waals surface area contributed by atoms with E-state index in [-0.39, 0.29) is 4.65 Å². The maximum absolute atomic E-state index is 9.34. The van der Waals surface area contributed by atoms with Crippen LogP contribution >= 0.6 is 0 Å². The number of nitrogens with zero attached hydrogens (tertiary/aromatic N) is 1. The summed E-state index contributed by atoms with van der Waals surface area (Å²) in [6, 6.07) is 0.343. The van der Waals surface area contributed by atoms with E-state index in [2.05, 4.69) is 6.92 Å². The lowest BCUT2D eigenvalue weighted by atomic mass is 10.2. The van der Waals surface area contributed by atoms with Crippen molar-refractivity contribution in [2.24, 2.45) is 0 Å². The Balaban J connectivity index is 0. The molecule has 14 heavy (non-hydrogen) atoms. The Morgan fingerprint density at radius 1 is 1.43 bits per heavy atom. The molecule has 0 aliphatic carbocycles. The zero-order valence-corrected chi connectivity index (χ0v) is 9.52. The van der Waals surface area contributed by atoms with Crippen molar-refractivity contribution in [1.29, 1.82) is 0 Å². The minimum Gasteiger partial charge on any atom is -0.547 e. The number of aliphatic carboxylic acids is 1. The van der Waals surface area contributed by atoms with Crippen LogP contribution in [0.25, 0.3) is 0 Å². The Morgan fingerprint density at radius 3 is 1.71 bits per heavy atom. The molecule has 0 aromatic heterocycles. The van der Waals surface area contributed by atoms with Gasteiger partial charge in [-0.15, -0.1) is 0 Å². The van der Waals surface area contributed by atoms with Crippen molar-refractivity contribution in [1.82, 2.24) is 0 Å². The van der Waals surface area contributed by atoms with Crippen LogP contribution in [-0.4, -0.2) is 47.2 Å². The molecule has 0 aromatic carbocycles. The van der Waals surface area contributed by atoms with E-state index in [1.54, 1.807) is 14.1 Å². The molecular weight excluding hydrogens is 186 g/mol. The van der Waals surface area contributed by atoms with Crippen molar-refractivity contribution >= 4 is 5.97 Å². The molecule has 0 fully saturated rings. The van der Waals surface area contributed by atoms with Gasteiger partial charge in [-0.05, 0) is 20.3 Å². The Hall–Kier alpha value is -0.650. The van der Waals surface area contributed by atoms with Gasteiger partial charge in [-0.2, -0.15) is 4.65 Å². The summed E-state index contributed by atoms with van der Waals surface area (Å²) in [6.45, 7) is 5.23. The van der Waals surface area contributed by atoms with E-state index >= 15 is 0 Å². The molecule has 0 heterocycles. The molecular formula is C9H21NO4. The predicted octanol–water partition coefficient (Wildman–Crippen LogP) is -0.632. The summed E-state index contributed by atoms with van der Waals surface area (Å²) in [5, 5.41) is 26.5. The number of carboxylic acids is 1. The average Bonchev–Trinajstić information content (AvgIpc) is 2.02. The molecule has 2 atom stereocenters. The highest BCUT2D eigenvalue weighted by molar-refractivity contribution is 5.68. The van der Waals surface area contributed by atoms with Crippen molar-refractivity contribution in [3.63, 3.8) is 0 Å². The summed E-state index contributed by atoms with van der Waals surface area (Å²) in [7, 11) is 3.57. The molecule has 2 N–H and O–H groups in total. The molecule has 0 aromatic rings. The highest BCUT2D eigenvalue weighted by Crippen LogP contribution is 2.03. The largest absolute Gasteiger partial charge is 0.547 e. The van der Waals surface area contributed by atoms with E-state index in [0.717, 1.165) is 13.3 Å². The number of rotatable bonds is 3. The molecule has 0 amide bonds. The van der Waals surface area contributed by atoms with Crippen molar-refractivity contribution in [2.75, 3.05) is 14.1 Å². The van der Waals surface area contributed by atoms with Gasteiger partial charge in [0.2, 0.25) is 0 Å². The van der Waals surface area contributed by atoms with Crippen LogP contribution in [0, 0.1) is 0 Å². The monoisotopic (exact) mass is 207 g/mol. The molecule has 0 aliphatic heterocycles. The predicted molar refractivity (Wildman–Crippen MR) is 50.3 cm³/mol. The minimum absolute atomic E-state index is 0.0799. The Morgan fingerprint density at radius 2 is 1.71 bits per heavy atom. The number of aliphatic hydroxyl groups excluding tert-OH is 1. The van der Waals surface area contributed by atoms with Crippen molar-refractivity contribution in [3.8, 4) is 0 Å². The zero-order valence-electron chi connectivity index (χ0n) is 9.52. The summed E-state index contributed by atoms with van der Waals surface area (Å²) in [4.78, 5) is 9.34. The Kier molecular flexibility index (Phi) is 7.62. The number of carbonyl (C=O) groups is 1. The first-order valence-electron chi connectivity index (χ1n) is 4.58. The van der Waals surface area contributed by atoms with Gasteiger partial charge < -0.3 is 15.0 Å². The molecule has 0 rings (SSSR count). The van der Waals surface area contributed by atoms with Gasteiger partial charge in [0.15, 0.2) is 0 Å². The quantitative estimate of drug-likeness (QED) is 0.477. The van der Waals surface area contributed by atoms with E-state index in [0.29, 0.717) is 6.04 Å². The molecule has 0 saturated heterocycles. The van der Waals surface area contributed by atoms with Crippen molar-refractivity contribution < 1.29 is 24.9 Å². The van der Waals surface area contributed by atoms with Crippen molar-refractivity contribution in [3.05, 3.63) is 0 Å². The number of carboxylic acid groups (broad SMARTS) is 1. The smallest absolute Gasteiger partial charge is 0.115 e. The molecule has 86 valence electrons. The van der Waals surface area contributed by atoms with E-state index in [4.69, 9.17) is 5.11 Å². The molecule has 0 radical (unpaired) electrons. The van der Waals surface area contributed by atoms with Crippen LogP contribution < -0.4 is 5.11 Å². The van der Waals surface area contributed by atoms with Gasteiger partial charge in [0.05, 0.1) is 26.2 Å². The first-order chi connectivity index (χ1) is 6.12. The third kappa shape index (κ3) is 9.44. The summed E-state index contributed by atoms with van der Waals surface area (Å²) in [5.74, 6) is -1.44. The molecule has 0 bridgehead atoms. The molecule has 2 unspecified atom stereocenters. The van der Waals surface area contributed by atoms with Crippen LogP contribution in [0.15, 0.2) is 0 Å². The van der Waals surface area contributed by atoms with Gasteiger partial charge in [0.25, 0.3) is 0 Å². The molecule has 5 nitrogen and oxygen atoms in total. The van der Waals surface area contributed by atoms with Gasteiger partial charge in [0, 0.05) is 0 Å². The molecule has 0 saturated carbocycles. The van der Waals surface area contributed by atoms with E-state index in [1.165, 1.54) is 0 Å². The second-order valence-electron chi connectivity index (χ2n) is 3.73. The van der Waals surface area contributed by atoms with Gasteiger partial charge >= 0.3 is 0 Å². The van der Waals surface area contributed by atoms with Crippen LogP contribution in [0.3, 0.4) is 0 Å². The summed E-state index contributed by atoms with van der Waals surface area (Å²) in [5.41, 5.74) is 0. The SMILES string of the molecule is CC(O)C(=O)[O-].CCC(C)[N+](C)(C)O. The number of carbonyl (C=O) groups excluding carboxylic acids is 1. The molecule has 0 aliphatic rings. The summed E-state index contributed by atoms with van der Waals surface area (Å²) in [6.07, 6.45) is -0.325.